The lowest BCUT2D eigenvalue weighted by molar-refractivity contribution is 0.500. The first-order chi connectivity index (χ1) is 10.0. The summed E-state index contributed by atoms with van der Waals surface area (Å²) in [6.45, 7) is 9.93. The standard InChI is InChI=1S/C19H27NO/c1-12(2)9-16-17-10-14(13(3)4)5-8-18(17)21-19(16)11-20-15-6-7-15/h5,8,10,12-13,15,20H,6-7,9,11H2,1-4H3. The Morgan fingerprint density at radius 2 is 1.95 bits per heavy atom. The molecule has 1 heterocycles. The minimum Gasteiger partial charge on any atom is -0.459 e. The van der Waals surface area contributed by atoms with E-state index in [1.165, 1.54) is 29.4 Å². The summed E-state index contributed by atoms with van der Waals surface area (Å²) in [6, 6.07) is 7.40. The molecule has 1 saturated carbocycles. The van der Waals surface area contributed by atoms with Crippen LogP contribution in [0.3, 0.4) is 0 Å². The first-order valence-electron chi connectivity index (χ1n) is 8.32. The van der Waals surface area contributed by atoms with E-state index in [0.29, 0.717) is 11.8 Å². The van der Waals surface area contributed by atoms with E-state index in [1.807, 2.05) is 0 Å². The van der Waals surface area contributed by atoms with Crippen molar-refractivity contribution in [2.45, 2.75) is 65.5 Å². The molecule has 0 amide bonds. The van der Waals surface area contributed by atoms with Crippen molar-refractivity contribution in [1.82, 2.24) is 5.32 Å². The van der Waals surface area contributed by atoms with E-state index in [4.69, 9.17) is 4.42 Å². The third kappa shape index (κ3) is 3.32. The summed E-state index contributed by atoms with van der Waals surface area (Å²) in [5.41, 5.74) is 3.85. The Kier molecular flexibility index (Phi) is 4.08. The lowest BCUT2D eigenvalue weighted by Crippen LogP contribution is -2.16. The van der Waals surface area contributed by atoms with Crippen LogP contribution in [0.4, 0.5) is 0 Å². The second-order valence-electron chi connectivity index (χ2n) is 7.17. The summed E-state index contributed by atoms with van der Waals surface area (Å²) in [7, 11) is 0. The van der Waals surface area contributed by atoms with E-state index < -0.39 is 0 Å². The Bertz CT molecular complexity index is 620. The van der Waals surface area contributed by atoms with Crippen molar-refractivity contribution in [1.29, 1.82) is 0 Å². The summed E-state index contributed by atoms with van der Waals surface area (Å²) in [5, 5.41) is 4.91. The van der Waals surface area contributed by atoms with Crippen molar-refractivity contribution in [3.05, 3.63) is 35.1 Å². The van der Waals surface area contributed by atoms with Crippen molar-refractivity contribution in [3.63, 3.8) is 0 Å². The first kappa shape index (κ1) is 14.6. The largest absolute Gasteiger partial charge is 0.459 e. The Hall–Kier alpha value is -1.28. The summed E-state index contributed by atoms with van der Waals surface area (Å²) < 4.78 is 6.15. The van der Waals surface area contributed by atoms with Crippen LogP contribution in [0.2, 0.25) is 0 Å². The van der Waals surface area contributed by atoms with E-state index in [1.54, 1.807) is 0 Å². The molecule has 2 heteroatoms. The van der Waals surface area contributed by atoms with Gasteiger partial charge >= 0.3 is 0 Å². The summed E-state index contributed by atoms with van der Waals surface area (Å²) >= 11 is 0. The van der Waals surface area contributed by atoms with Gasteiger partial charge in [0.2, 0.25) is 0 Å². The topological polar surface area (TPSA) is 25.2 Å². The molecule has 3 rings (SSSR count). The number of hydrogen-bond donors (Lipinski definition) is 1. The Labute approximate surface area is 127 Å². The van der Waals surface area contributed by atoms with Gasteiger partial charge in [-0.2, -0.15) is 0 Å². The second-order valence-corrected chi connectivity index (χ2v) is 7.17. The average Bonchev–Trinajstić information content (AvgIpc) is 3.20. The molecule has 0 aliphatic heterocycles. The van der Waals surface area contributed by atoms with Crippen molar-refractivity contribution >= 4 is 11.0 Å². The van der Waals surface area contributed by atoms with Crippen LogP contribution in [0.5, 0.6) is 0 Å². The molecule has 114 valence electrons. The third-order valence-electron chi connectivity index (χ3n) is 4.31. The van der Waals surface area contributed by atoms with Crippen LogP contribution in [-0.2, 0) is 13.0 Å². The third-order valence-corrected chi connectivity index (χ3v) is 4.31. The highest BCUT2D eigenvalue weighted by Gasteiger charge is 2.22. The van der Waals surface area contributed by atoms with Crippen LogP contribution < -0.4 is 5.32 Å². The lowest BCUT2D eigenvalue weighted by Gasteiger charge is -2.08. The van der Waals surface area contributed by atoms with E-state index in [-0.39, 0.29) is 0 Å². The highest BCUT2D eigenvalue weighted by atomic mass is 16.3. The minimum absolute atomic E-state index is 0.559. The number of fused-ring (bicyclic) bond motifs is 1. The first-order valence-corrected chi connectivity index (χ1v) is 8.32. The van der Waals surface area contributed by atoms with E-state index in [9.17, 15) is 0 Å². The molecule has 0 atom stereocenters. The quantitative estimate of drug-likeness (QED) is 0.807. The van der Waals surface area contributed by atoms with Crippen molar-refractivity contribution < 1.29 is 4.42 Å². The molecule has 2 nitrogen and oxygen atoms in total. The van der Waals surface area contributed by atoms with Crippen LogP contribution in [0.1, 0.15) is 63.3 Å². The van der Waals surface area contributed by atoms with Gasteiger partial charge < -0.3 is 9.73 Å². The maximum absolute atomic E-state index is 6.15. The van der Waals surface area contributed by atoms with Gasteiger partial charge in [-0.05, 0) is 48.8 Å². The van der Waals surface area contributed by atoms with E-state index in [0.717, 1.165) is 30.4 Å². The molecule has 0 bridgehead atoms. The lowest BCUT2D eigenvalue weighted by atomic mass is 9.96. The zero-order valence-corrected chi connectivity index (χ0v) is 13.7. The predicted molar refractivity (Wildman–Crippen MR) is 88.7 cm³/mol. The Balaban J connectivity index is 1.98. The van der Waals surface area contributed by atoms with Gasteiger partial charge in [-0.25, -0.2) is 0 Å². The minimum atomic E-state index is 0.559. The maximum Gasteiger partial charge on any atom is 0.134 e. The average molecular weight is 285 g/mol. The number of rotatable bonds is 6. The molecule has 1 aromatic heterocycles. The molecule has 21 heavy (non-hydrogen) atoms. The van der Waals surface area contributed by atoms with Gasteiger partial charge in [0.05, 0.1) is 6.54 Å². The summed E-state index contributed by atoms with van der Waals surface area (Å²) in [5.74, 6) is 2.35. The van der Waals surface area contributed by atoms with Gasteiger partial charge in [0.1, 0.15) is 11.3 Å². The van der Waals surface area contributed by atoms with Gasteiger partial charge in [0, 0.05) is 17.0 Å². The number of furan rings is 1. The highest BCUT2D eigenvalue weighted by Crippen LogP contribution is 2.31. The maximum atomic E-state index is 6.15. The molecule has 0 saturated heterocycles. The van der Waals surface area contributed by atoms with Crippen molar-refractivity contribution in [3.8, 4) is 0 Å². The van der Waals surface area contributed by atoms with Crippen molar-refractivity contribution in [2.24, 2.45) is 5.92 Å². The van der Waals surface area contributed by atoms with Crippen molar-refractivity contribution in [2.75, 3.05) is 0 Å². The Morgan fingerprint density at radius 1 is 1.19 bits per heavy atom. The van der Waals surface area contributed by atoms with Gasteiger partial charge in [0.25, 0.3) is 0 Å². The molecule has 0 unspecified atom stereocenters. The van der Waals surface area contributed by atoms with Gasteiger partial charge in [-0.15, -0.1) is 0 Å². The molecule has 1 fully saturated rings. The molecular formula is C19H27NO. The fraction of sp³-hybridized carbons (Fsp3) is 0.579. The SMILES string of the molecule is CC(C)Cc1c(CNC2CC2)oc2ccc(C(C)C)cc12. The normalized spacial score (nSPS) is 15.5. The molecule has 0 spiro atoms. The number of hydrogen-bond acceptors (Lipinski definition) is 2. The monoisotopic (exact) mass is 285 g/mol. The van der Waals surface area contributed by atoms with Gasteiger partial charge in [-0.1, -0.05) is 33.8 Å². The molecule has 2 aromatic rings. The molecule has 1 aliphatic rings. The van der Waals surface area contributed by atoms with Gasteiger partial charge in [0.15, 0.2) is 0 Å². The van der Waals surface area contributed by atoms with Crippen LogP contribution >= 0.6 is 0 Å². The zero-order valence-electron chi connectivity index (χ0n) is 13.7. The molecule has 0 radical (unpaired) electrons. The fourth-order valence-corrected chi connectivity index (χ4v) is 2.88. The molecule has 1 aromatic carbocycles. The number of nitrogens with one attached hydrogen (secondary N) is 1. The van der Waals surface area contributed by atoms with E-state index >= 15 is 0 Å². The molecular weight excluding hydrogens is 258 g/mol. The van der Waals surface area contributed by atoms with E-state index in [2.05, 4.69) is 51.2 Å². The summed E-state index contributed by atoms with van der Waals surface area (Å²) in [4.78, 5) is 0. The Morgan fingerprint density at radius 3 is 2.57 bits per heavy atom. The smallest absolute Gasteiger partial charge is 0.134 e. The van der Waals surface area contributed by atoms with Crippen LogP contribution in [0.15, 0.2) is 22.6 Å². The summed E-state index contributed by atoms with van der Waals surface area (Å²) in [6.07, 6.45) is 3.73. The highest BCUT2D eigenvalue weighted by molar-refractivity contribution is 5.83. The molecule has 1 aliphatic carbocycles. The fourth-order valence-electron chi connectivity index (χ4n) is 2.88. The zero-order chi connectivity index (χ0) is 15.0. The van der Waals surface area contributed by atoms with Crippen LogP contribution in [0.25, 0.3) is 11.0 Å². The van der Waals surface area contributed by atoms with Crippen LogP contribution in [0, 0.1) is 5.92 Å². The van der Waals surface area contributed by atoms with Gasteiger partial charge in [-0.3, -0.25) is 0 Å². The molecule has 1 N–H and O–H groups in total. The predicted octanol–water partition coefficient (Wildman–Crippen LogP) is 5.01. The van der Waals surface area contributed by atoms with Crippen LogP contribution in [-0.4, -0.2) is 6.04 Å². The number of benzene rings is 1. The second kappa shape index (κ2) is 5.84.